The molecule has 1 aromatic rings. The number of hydrogen-bond donors (Lipinski definition) is 3. The van der Waals surface area contributed by atoms with Gasteiger partial charge in [0.2, 0.25) is 11.8 Å². The molecular weight excluding hydrogens is 312 g/mol. The Morgan fingerprint density at radius 1 is 1.25 bits per heavy atom. The molecule has 0 fully saturated rings. The Bertz CT molecular complexity index is 459. The molecule has 0 radical (unpaired) electrons. The zero-order chi connectivity index (χ0) is 14.4. The summed E-state index contributed by atoms with van der Waals surface area (Å²) in [5, 5.41) is 2.46. The van der Waals surface area contributed by atoms with Gasteiger partial charge >= 0.3 is 0 Å². The second-order valence-corrected chi connectivity index (χ2v) is 4.73. The highest BCUT2D eigenvalue weighted by molar-refractivity contribution is 7.99. The minimum Gasteiger partial charge on any atom is -0.370 e. The summed E-state index contributed by atoms with van der Waals surface area (Å²) in [4.78, 5) is 22.5. The number of nitrogens with one attached hydrogen (secondary N) is 1. The second-order valence-electron chi connectivity index (χ2n) is 3.67. The van der Waals surface area contributed by atoms with Crippen LogP contribution in [0.5, 0.6) is 0 Å². The van der Waals surface area contributed by atoms with Crippen molar-refractivity contribution in [3.63, 3.8) is 0 Å². The van der Waals surface area contributed by atoms with Crippen LogP contribution in [-0.4, -0.2) is 23.6 Å². The molecule has 112 valence electrons. The molecule has 0 heterocycles. The Labute approximate surface area is 124 Å². The zero-order valence-corrected chi connectivity index (χ0v) is 11.8. The van der Waals surface area contributed by atoms with Gasteiger partial charge < -0.3 is 16.8 Å². The van der Waals surface area contributed by atoms with Crippen molar-refractivity contribution in [2.24, 2.45) is 11.5 Å². The normalized spacial score (nSPS) is 11.6. The molecule has 1 atom stereocenters. The quantitative estimate of drug-likeness (QED) is 0.691. The number of thioether (sulfide) groups is 1. The van der Waals surface area contributed by atoms with Crippen molar-refractivity contribution < 1.29 is 18.4 Å². The highest BCUT2D eigenvalue weighted by atomic mass is 35.5. The van der Waals surface area contributed by atoms with E-state index in [4.69, 9.17) is 11.5 Å². The van der Waals surface area contributed by atoms with Gasteiger partial charge in [0.1, 0.15) is 0 Å². The smallest absolute Gasteiger partial charge is 0.288 e. The fourth-order valence-corrected chi connectivity index (χ4v) is 1.76. The third kappa shape index (κ3) is 6.69. The molecule has 2 amide bonds. The van der Waals surface area contributed by atoms with Crippen LogP contribution in [0, 0.1) is 0 Å². The van der Waals surface area contributed by atoms with Crippen LogP contribution < -0.4 is 16.8 Å². The molecule has 0 saturated heterocycles. The van der Waals surface area contributed by atoms with Crippen molar-refractivity contribution in [3.05, 3.63) is 24.3 Å². The van der Waals surface area contributed by atoms with E-state index >= 15 is 0 Å². The predicted octanol–water partition coefficient (Wildman–Crippen LogP) is 1.56. The number of carbonyl (C=O) groups excluding carboxylic acids is 2. The maximum absolute atomic E-state index is 12.1. The zero-order valence-electron chi connectivity index (χ0n) is 10.2. The number of carbonyl (C=O) groups is 2. The van der Waals surface area contributed by atoms with Crippen LogP contribution in [0.2, 0.25) is 0 Å². The number of amides is 2. The van der Waals surface area contributed by atoms with Gasteiger partial charge in [-0.25, -0.2) is 0 Å². The molecule has 0 aliphatic rings. The Kier molecular flexibility index (Phi) is 8.12. The summed E-state index contributed by atoms with van der Waals surface area (Å²) in [5.41, 5.74) is 10.8. The Morgan fingerprint density at radius 2 is 1.80 bits per heavy atom. The highest BCUT2D eigenvalue weighted by Gasteiger charge is 2.16. The molecule has 0 bridgehead atoms. The van der Waals surface area contributed by atoms with Crippen LogP contribution in [0.3, 0.4) is 0 Å². The van der Waals surface area contributed by atoms with Crippen molar-refractivity contribution in [1.82, 2.24) is 0 Å². The van der Waals surface area contributed by atoms with E-state index in [1.165, 1.54) is 24.3 Å². The van der Waals surface area contributed by atoms with E-state index in [-0.39, 0.29) is 18.8 Å². The van der Waals surface area contributed by atoms with Gasteiger partial charge in [-0.2, -0.15) is 8.78 Å². The minimum absolute atomic E-state index is 0. The number of primary amides is 1. The lowest BCUT2D eigenvalue weighted by Crippen LogP contribution is -2.38. The van der Waals surface area contributed by atoms with Crippen LogP contribution in [0.4, 0.5) is 14.5 Å². The van der Waals surface area contributed by atoms with Gasteiger partial charge in [0.05, 0.1) is 12.5 Å². The maximum Gasteiger partial charge on any atom is 0.288 e. The van der Waals surface area contributed by atoms with Crippen molar-refractivity contribution >= 4 is 41.7 Å². The van der Waals surface area contributed by atoms with Gasteiger partial charge in [0.25, 0.3) is 5.76 Å². The number of hydrogen-bond acceptors (Lipinski definition) is 4. The van der Waals surface area contributed by atoms with Crippen molar-refractivity contribution in [2.45, 2.75) is 23.1 Å². The standard InChI is InChI=1S/C11H13F2N3O2S.ClH/c12-11(13)19-7-3-1-6(2-4-7)16-10(18)8(14)5-9(15)17;/h1-4,8,11H,5,14H2,(H2,15,17)(H,16,18);1H. The lowest BCUT2D eigenvalue weighted by molar-refractivity contribution is -0.123. The molecule has 1 unspecified atom stereocenters. The molecule has 5 N–H and O–H groups in total. The summed E-state index contributed by atoms with van der Waals surface area (Å²) in [5.74, 6) is -3.73. The highest BCUT2D eigenvalue weighted by Crippen LogP contribution is 2.26. The largest absolute Gasteiger partial charge is 0.370 e. The van der Waals surface area contributed by atoms with Crippen LogP contribution >= 0.6 is 24.2 Å². The second kappa shape index (κ2) is 8.72. The SMILES string of the molecule is Cl.NC(=O)CC(N)C(=O)Nc1ccc(SC(F)F)cc1. The van der Waals surface area contributed by atoms with Crippen molar-refractivity contribution in [2.75, 3.05) is 5.32 Å². The number of rotatable bonds is 6. The Hall–Kier alpha value is -1.38. The summed E-state index contributed by atoms with van der Waals surface area (Å²) in [7, 11) is 0. The molecule has 0 aromatic heterocycles. The van der Waals surface area contributed by atoms with E-state index in [2.05, 4.69) is 5.32 Å². The first-order valence-corrected chi connectivity index (χ1v) is 6.16. The molecule has 5 nitrogen and oxygen atoms in total. The molecule has 0 aliphatic carbocycles. The third-order valence-electron chi connectivity index (χ3n) is 2.10. The lowest BCUT2D eigenvalue weighted by Gasteiger charge is -2.10. The summed E-state index contributed by atoms with van der Waals surface area (Å²) >= 11 is 0.409. The predicted molar refractivity (Wildman–Crippen MR) is 76.0 cm³/mol. The number of alkyl halides is 2. The van der Waals surface area contributed by atoms with E-state index in [0.717, 1.165) is 0 Å². The third-order valence-corrected chi connectivity index (χ3v) is 2.83. The summed E-state index contributed by atoms with van der Waals surface area (Å²) < 4.78 is 24.2. The molecule has 0 saturated carbocycles. The van der Waals surface area contributed by atoms with E-state index in [0.29, 0.717) is 22.3 Å². The number of benzene rings is 1. The molecule has 9 heteroatoms. The number of anilines is 1. The topological polar surface area (TPSA) is 98.2 Å². The van der Waals surface area contributed by atoms with E-state index in [1.807, 2.05) is 0 Å². The lowest BCUT2D eigenvalue weighted by atomic mass is 10.2. The van der Waals surface area contributed by atoms with Gasteiger partial charge in [-0.3, -0.25) is 9.59 Å². The Morgan fingerprint density at radius 3 is 2.25 bits per heavy atom. The molecule has 1 aromatic carbocycles. The number of nitrogens with two attached hydrogens (primary N) is 2. The van der Waals surface area contributed by atoms with Crippen LogP contribution in [0.25, 0.3) is 0 Å². The van der Waals surface area contributed by atoms with Crippen LogP contribution in [0.15, 0.2) is 29.2 Å². The van der Waals surface area contributed by atoms with Gasteiger partial charge in [0.15, 0.2) is 0 Å². The molecule has 0 aliphatic heterocycles. The molecular formula is C11H14ClF2N3O2S. The van der Waals surface area contributed by atoms with Crippen molar-refractivity contribution in [3.8, 4) is 0 Å². The first-order chi connectivity index (χ1) is 8.88. The van der Waals surface area contributed by atoms with E-state index in [9.17, 15) is 18.4 Å². The molecule has 20 heavy (non-hydrogen) atoms. The van der Waals surface area contributed by atoms with Gasteiger partial charge in [-0.15, -0.1) is 12.4 Å². The minimum atomic E-state index is -2.50. The average Bonchev–Trinajstić information content (AvgIpc) is 2.30. The van der Waals surface area contributed by atoms with Crippen LogP contribution in [-0.2, 0) is 9.59 Å². The van der Waals surface area contributed by atoms with Gasteiger partial charge in [0, 0.05) is 10.6 Å². The first kappa shape index (κ1) is 18.6. The molecule has 1 rings (SSSR count). The van der Waals surface area contributed by atoms with Crippen LogP contribution in [0.1, 0.15) is 6.42 Å². The average molecular weight is 326 g/mol. The maximum atomic E-state index is 12.1. The summed E-state index contributed by atoms with van der Waals surface area (Å²) in [6.07, 6.45) is -0.259. The van der Waals surface area contributed by atoms with E-state index in [1.54, 1.807) is 0 Å². The van der Waals surface area contributed by atoms with Gasteiger partial charge in [-0.05, 0) is 24.3 Å². The first-order valence-electron chi connectivity index (χ1n) is 5.28. The van der Waals surface area contributed by atoms with Gasteiger partial charge in [-0.1, -0.05) is 11.8 Å². The fourth-order valence-electron chi connectivity index (χ4n) is 1.26. The monoisotopic (exact) mass is 325 g/mol. The number of halogens is 3. The summed E-state index contributed by atoms with van der Waals surface area (Å²) in [6, 6.07) is 4.81. The molecule has 0 spiro atoms. The summed E-state index contributed by atoms with van der Waals surface area (Å²) in [6.45, 7) is 0. The van der Waals surface area contributed by atoms with E-state index < -0.39 is 23.6 Å². The fraction of sp³-hybridized carbons (Fsp3) is 0.273. The van der Waals surface area contributed by atoms with Crippen molar-refractivity contribution in [1.29, 1.82) is 0 Å². The Balaban J connectivity index is 0.00000361.